The minimum atomic E-state index is 0.627. The third kappa shape index (κ3) is 2.89. The van der Waals surface area contributed by atoms with Crippen molar-refractivity contribution in [2.24, 2.45) is 0 Å². The predicted octanol–water partition coefficient (Wildman–Crippen LogP) is 2.92. The van der Waals surface area contributed by atoms with Crippen LogP contribution in [-0.4, -0.2) is 42.5 Å². The quantitative estimate of drug-likeness (QED) is 0.943. The zero-order valence-corrected chi connectivity index (χ0v) is 13.4. The molecule has 21 heavy (non-hydrogen) atoms. The lowest BCUT2D eigenvalue weighted by Crippen LogP contribution is -2.36. The van der Waals surface area contributed by atoms with E-state index in [4.69, 9.17) is 5.73 Å². The molecule has 2 heterocycles. The normalized spacial score (nSPS) is 19.0. The highest BCUT2D eigenvalue weighted by Crippen LogP contribution is 2.39. The number of likely N-dealkylation sites (N-methyl/N-ethyl adjacent to an activating group) is 2. The van der Waals surface area contributed by atoms with Gasteiger partial charge in [-0.2, -0.15) is 4.37 Å². The van der Waals surface area contributed by atoms with Gasteiger partial charge in [-0.05, 0) is 43.5 Å². The molecule has 0 aliphatic carbocycles. The van der Waals surface area contributed by atoms with Gasteiger partial charge in [0.2, 0.25) is 0 Å². The Morgan fingerprint density at radius 3 is 2.81 bits per heavy atom. The Bertz CT molecular complexity index is 596. The first-order chi connectivity index (χ1) is 10.2. The van der Waals surface area contributed by atoms with E-state index in [0.717, 1.165) is 17.7 Å². The van der Waals surface area contributed by atoms with Gasteiger partial charge in [0, 0.05) is 19.6 Å². The second-order valence-corrected chi connectivity index (χ2v) is 6.52. The summed E-state index contributed by atoms with van der Waals surface area (Å²) in [4.78, 5) is 4.76. The highest BCUT2D eigenvalue weighted by Gasteiger charge is 2.24. The highest BCUT2D eigenvalue weighted by molar-refractivity contribution is 7.11. The molecule has 1 atom stereocenters. The fourth-order valence-corrected chi connectivity index (χ4v) is 3.84. The molecular formula is C16H22N4S. The van der Waals surface area contributed by atoms with Crippen LogP contribution in [-0.2, 0) is 0 Å². The van der Waals surface area contributed by atoms with E-state index < -0.39 is 0 Å². The molecule has 0 bridgehead atoms. The molecule has 5 heteroatoms. The van der Waals surface area contributed by atoms with Gasteiger partial charge in [-0.25, -0.2) is 0 Å². The fourth-order valence-electron chi connectivity index (χ4n) is 3.04. The summed E-state index contributed by atoms with van der Waals surface area (Å²) >= 11 is 1.50. The largest absolute Gasteiger partial charge is 0.382 e. The summed E-state index contributed by atoms with van der Waals surface area (Å²) in [5, 5.41) is 1.17. The van der Waals surface area contributed by atoms with Crippen LogP contribution < -0.4 is 10.6 Å². The van der Waals surface area contributed by atoms with Gasteiger partial charge < -0.3 is 15.5 Å². The van der Waals surface area contributed by atoms with E-state index in [2.05, 4.69) is 40.4 Å². The van der Waals surface area contributed by atoms with Gasteiger partial charge in [0.25, 0.3) is 0 Å². The van der Waals surface area contributed by atoms with Crippen molar-refractivity contribution in [3.05, 3.63) is 30.3 Å². The van der Waals surface area contributed by atoms with Crippen LogP contribution in [0.3, 0.4) is 0 Å². The van der Waals surface area contributed by atoms with Crippen LogP contribution >= 0.6 is 11.5 Å². The first kappa shape index (κ1) is 14.4. The molecular weight excluding hydrogens is 280 g/mol. The molecule has 112 valence electrons. The number of likely N-dealkylation sites (tertiary alicyclic amines) is 1. The molecule has 1 unspecified atom stereocenters. The van der Waals surface area contributed by atoms with Crippen molar-refractivity contribution in [1.29, 1.82) is 0 Å². The van der Waals surface area contributed by atoms with Gasteiger partial charge in [0.1, 0.15) is 10.8 Å². The molecule has 1 saturated heterocycles. The average molecular weight is 302 g/mol. The van der Waals surface area contributed by atoms with Crippen LogP contribution in [0.4, 0.5) is 10.8 Å². The molecule has 0 radical (unpaired) electrons. The van der Waals surface area contributed by atoms with Gasteiger partial charge in [0.15, 0.2) is 0 Å². The number of hydrogen-bond acceptors (Lipinski definition) is 5. The Morgan fingerprint density at radius 2 is 2.14 bits per heavy atom. The van der Waals surface area contributed by atoms with Crippen LogP contribution in [0, 0.1) is 0 Å². The third-order valence-electron chi connectivity index (χ3n) is 4.27. The van der Waals surface area contributed by atoms with Crippen molar-refractivity contribution in [1.82, 2.24) is 9.27 Å². The standard InChI is InChI=1S/C16H22N4S/c1-19-10-6-9-13(19)11-20(2)16-14(15(17)18-21-16)12-7-4-3-5-8-12/h3-5,7-8,13H,6,9-11H2,1-2H3,(H2,17,18). The van der Waals surface area contributed by atoms with Crippen molar-refractivity contribution >= 4 is 22.4 Å². The van der Waals surface area contributed by atoms with E-state index in [1.165, 1.54) is 35.9 Å². The maximum atomic E-state index is 6.11. The summed E-state index contributed by atoms with van der Waals surface area (Å²) < 4.78 is 4.37. The van der Waals surface area contributed by atoms with E-state index in [-0.39, 0.29) is 0 Å². The number of anilines is 2. The van der Waals surface area contributed by atoms with Gasteiger partial charge in [-0.15, -0.1) is 0 Å². The first-order valence-corrected chi connectivity index (χ1v) is 8.16. The second kappa shape index (κ2) is 6.03. The molecule has 0 amide bonds. The summed E-state index contributed by atoms with van der Waals surface area (Å²) in [7, 11) is 4.36. The monoisotopic (exact) mass is 302 g/mol. The molecule has 4 nitrogen and oxygen atoms in total. The fraction of sp³-hybridized carbons (Fsp3) is 0.438. The zero-order valence-electron chi connectivity index (χ0n) is 12.6. The van der Waals surface area contributed by atoms with Gasteiger partial charge in [-0.3, -0.25) is 0 Å². The SMILES string of the molecule is CN(CC1CCCN1C)c1snc(N)c1-c1ccccc1. The average Bonchev–Trinajstić information content (AvgIpc) is 3.06. The molecule has 1 fully saturated rings. The molecule has 0 spiro atoms. The lowest BCUT2D eigenvalue weighted by atomic mass is 10.1. The number of rotatable bonds is 4. The lowest BCUT2D eigenvalue weighted by Gasteiger charge is -2.26. The van der Waals surface area contributed by atoms with Crippen molar-refractivity contribution in [2.45, 2.75) is 18.9 Å². The third-order valence-corrected chi connectivity index (χ3v) is 5.24. The van der Waals surface area contributed by atoms with Crippen LogP contribution in [0.5, 0.6) is 0 Å². The van der Waals surface area contributed by atoms with Crippen molar-refractivity contribution in [3.63, 3.8) is 0 Å². The summed E-state index contributed by atoms with van der Waals surface area (Å²) in [6.45, 7) is 2.23. The first-order valence-electron chi connectivity index (χ1n) is 7.38. The van der Waals surface area contributed by atoms with Gasteiger partial charge in [-0.1, -0.05) is 30.3 Å². The van der Waals surface area contributed by atoms with E-state index >= 15 is 0 Å². The van der Waals surface area contributed by atoms with Crippen LogP contribution in [0.25, 0.3) is 11.1 Å². The lowest BCUT2D eigenvalue weighted by molar-refractivity contribution is 0.314. The Hall–Kier alpha value is -1.59. The van der Waals surface area contributed by atoms with Gasteiger partial charge >= 0.3 is 0 Å². The van der Waals surface area contributed by atoms with Crippen LogP contribution in [0.15, 0.2) is 30.3 Å². The minimum absolute atomic E-state index is 0.627. The molecule has 1 aliphatic heterocycles. The number of aromatic nitrogens is 1. The van der Waals surface area contributed by atoms with E-state index in [1.54, 1.807) is 0 Å². The zero-order chi connectivity index (χ0) is 14.8. The molecule has 2 aromatic rings. The molecule has 2 N–H and O–H groups in total. The van der Waals surface area contributed by atoms with E-state index in [1.807, 2.05) is 18.2 Å². The van der Waals surface area contributed by atoms with Crippen molar-refractivity contribution in [2.75, 3.05) is 37.8 Å². The molecule has 1 aliphatic rings. The highest BCUT2D eigenvalue weighted by atomic mass is 32.1. The number of nitrogens with two attached hydrogens (primary N) is 1. The maximum Gasteiger partial charge on any atom is 0.147 e. The Balaban J connectivity index is 1.85. The molecule has 1 aromatic heterocycles. The summed E-state index contributed by atoms with van der Waals surface area (Å²) in [6.07, 6.45) is 2.57. The van der Waals surface area contributed by atoms with Crippen molar-refractivity contribution in [3.8, 4) is 11.1 Å². The Kier molecular flexibility index (Phi) is 4.12. The Morgan fingerprint density at radius 1 is 1.38 bits per heavy atom. The molecule has 1 aromatic carbocycles. The van der Waals surface area contributed by atoms with Crippen LogP contribution in [0.2, 0.25) is 0 Å². The van der Waals surface area contributed by atoms with Crippen molar-refractivity contribution < 1.29 is 0 Å². The summed E-state index contributed by atoms with van der Waals surface area (Å²) in [5.74, 6) is 0.632. The number of nitrogens with zero attached hydrogens (tertiary/aromatic N) is 3. The second-order valence-electron chi connectivity index (χ2n) is 5.77. The predicted molar refractivity (Wildman–Crippen MR) is 90.9 cm³/mol. The number of nitrogen functional groups attached to an aromatic ring is 1. The van der Waals surface area contributed by atoms with Gasteiger partial charge in [0.05, 0.1) is 5.56 Å². The smallest absolute Gasteiger partial charge is 0.147 e. The maximum absolute atomic E-state index is 6.11. The topological polar surface area (TPSA) is 45.4 Å². The minimum Gasteiger partial charge on any atom is -0.382 e. The van der Waals surface area contributed by atoms with Crippen LogP contribution in [0.1, 0.15) is 12.8 Å². The molecule has 3 rings (SSSR count). The Labute approximate surface area is 130 Å². The molecule has 0 saturated carbocycles. The van der Waals surface area contributed by atoms with E-state index in [9.17, 15) is 0 Å². The summed E-state index contributed by atoms with van der Waals surface area (Å²) in [6, 6.07) is 10.9. The van der Waals surface area contributed by atoms with E-state index in [0.29, 0.717) is 11.9 Å². The number of benzene rings is 1. The number of hydrogen-bond donors (Lipinski definition) is 1. The summed E-state index contributed by atoms with van der Waals surface area (Å²) in [5.41, 5.74) is 8.33.